The molecule has 3 aromatic carbocycles. The van der Waals surface area contributed by atoms with Gasteiger partial charge >= 0.3 is 0 Å². The lowest BCUT2D eigenvalue weighted by atomic mass is 10.1. The van der Waals surface area contributed by atoms with Crippen molar-refractivity contribution in [3.05, 3.63) is 91.0 Å². The molecule has 1 N–H and O–H groups in total. The van der Waals surface area contributed by atoms with Crippen LogP contribution in [-0.2, 0) is 6.42 Å². The number of allylic oxidation sites excluding steroid dienone is 1. The van der Waals surface area contributed by atoms with Gasteiger partial charge in [-0.3, -0.25) is 0 Å². The molecule has 0 heterocycles. The summed E-state index contributed by atoms with van der Waals surface area (Å²) in [5.74, 6) is 0.350. The molecule has 3 aromatic rings. The second kappa shape index (κ2) is 10.2. The summed E-state index contributed by atoms with van der Waals surface area (Å²) in [6.07, 6.45) is 2.89. The first-order valence-electron chi connectivity index (χ1n) is 7.50. The third-order valence-electron chi connectivity index (χ3n) is 3.02. The molecule has 0 saturated heterocycles. The van der Waals surface area contributed by atoms with Gasteiger partial charge in [0, 0.05) is 5.39 Å². The molecule has 0 spiro atoms. The van der Waals surface area contributed by atoms with E-state index in [1.54, 1.807) is 12.1 Å². The van der Waals surface area contributed by atoms with Crippen molar-refractivity contribution in [1.82, 2.24) is 0 Å². The molecule has 1 heteroatoms. The molecule has 3 rings (SSSR count). The average Bonchev–Trinajstić information content (AvgIpc) is 2.57. The predicted molar refractivity (Wildman–Crippen MR) is 97.3 cm³/mol. The second-order valence-electron chi connectivity index (χ2n) is 4.75. The van der Waals surface area contributed by atoms with E-state index < -0.39 is 0 Å². The number of aryl methyl sites for hydroxylation is 1. The molecule has 0 fully saturated rings. The molecule has 22 heavy (non-hydrogen) atoms. The van der Waals surface area contributed by atoms with Gasteiger partial charge in [-0.05, 0) is 30.4 Å². The van der Waals surface area contributed by atoms with Crippen LogP contribution in [0.1, 0.15) is 19.4 Å². The fraction of sp³-hybridized carbons (Fsp3) is 0.143. The Morgan fingerprint density at radius 3 is 1.95 bits per heavy atom. The van der Waals surface area contributed by atoms with Gasteiger partial charge in [-0.1, -0.05) is 79.7 Å². The van der Waals surface area contributed by atoms with Gasteiger partial charge in [0.1, 0.15) is 5.75 Å². The monoisotopic (exact) mass is 292 g/mol. The Bertz CT molecular complexity index is 666. The van der Waals surface area contributed by atoms with Gasteiger partial charge in [0.2, 0.25) is 0 Å². The van der Waals surface area contributed by atoms with Crippen LogP contribution in [0.5, 0.6) is 5.75 Å². The lowest BCUT2D eigenvalue weighted by molar-refractivity contribution is 0.481. The van der Waals surface area contributed by atoms with E-state index in [4.69, 9.17) is 0 Å². The van der Waals surface area contributed by atoms with Gasteiger partial charge in [-0.15, -0.1) is 6.58 Å². The fourth-order valence-electron chi connectivity index (χ4n) is 1.92. The SMILES string of the molecule is C=CC.CCc1ccccc1.Oc1cccc2ccccc12. The molecule has 0 aliphatic carbocycles. The van der Waals surface area contributed by atoms with Crippen LogP contribution in [0.4, 0.5) is 0 Å². The molecular formula is C21H24O. The zero-order valence-electron chi connectivity index (χ0n) is 13.4. The van der Waals surface area contributed by atoms with Crippen molar-refractivity contribution >= 4 is 10.8 Å². The van der Waals surface area contributed by atoms with Crippen molar-refractivity contribution < 1.29 is 5.11 Å². The fourth-order valence-corrected chi connectivity index (χ4v) is 1.92. The number of rotatable bonds is 1. The van der Waals surface area contributed by atoms with E-state index >= 15 is 0 Å². The maximum absolute atomic E-state index is 9.37. The molecule has 0 amide bonds. The van der Waals surface area contributed by atoms with Crippen LogP contribution >= 0.6 is 0 Å². The standard InChI is InChI=1S/C10H8O.C8H10.C3H6/c11-10-7-3-5-8-4-1-2-6-9(8)10;1-2-8-6-4-3-5-7-8;1-3-2/h1-7,11H;3-7H,2H2,1H3;3H,1H2,2H3. The van der Waals surface area contributed by atoms with E-state index in [0.717, 1.165) is 17.2 Å². The highest BCUT2D eigenvalue weighted by atomic mass is 16.3. The molecule has 0 atom stereocenters. The second-order valence-corrected chi connectivity index (χ2v) is 4.75. The molecule has 1 nitrogen and oxygen atoms in total. The Morgan fingerprint density at radius 1 is 0.864 bits per heavy atom. The smallest absolute Gasteiger partial charge is 0.123 e. The topological polar surface area (TPSA) is 20.2 Å². The van der Waals surface area contributed by atoms with E-state index in [2.05, 4.69) is 37.8 Å². The predicted octanol–water partition coefficient (Wildman–Crippen LogP) is 5.99. The van der Waals surface area contributed by atoms with Crippen LogP contribution in [0.15, 0.2) is 85.5 Å². The number of aromatic hydroxyl groups is 1. The summed E-state index contributed by atoms with van der Waals surface area (Å²) >= 11 is 0. The third kappa shape index (κ3) is 5.84. The summed E-state index contributed by atoms with van der Waals surface area (Å²) in [7, 11) is 0. The summed E-state index contributed by atoms with van der Waals surface area (Å²) in [5, 5.41) is 11.4. The minimum Gasteiger partial charge on any atom is -0.507 e. The normalized spacial score (nSPS) is 9.00. The first-order chi connectivity index (χ1) is 10.7. The molecule has 0 aromatic heterocycles. The zero-order chi connectivity index (χ0) is 16.2. The third-order valence-corrected chi connectivity index (χ3v) is 3.02. The highest BCUT2D eigenvalue weighted by molar-refractivity contribution is 5.87. The Labute approximate surface area is 133 Å². The maximum Gasteiger partial charge on any atom is 0.123 e. The van der Waals surface area contributed by atoms with Crippen molar-refractivity contribution in [2.24, 2.45) is 0 Å². The highest BCUT2D eigenvalue weighted by Crippen LogP contribution is 2.22. The van der Waals surface area contributed by atoms with E-state index in [1.807, 2.05) is 49.4 Å². The lowest BCUT2D eigenvalue weighted by Crippen LogP contribution is -1.73. The number of phenolic OH excluding ortho intramolecular Hbond substituents is 1. The number of fused-ring (bicyclic) bond motifs is 1. The van der Waals surface area contributed by atoms with Crippen LogP contribution in [0.3, 0.4) is 0 Å². The Morgan fingerprint density at radius 2 is 1.41 bits per heavy atom. The molecule has 0 unspecified atom stereocenters. The molecule has 114 valence electrons. The minimum absolute atomic E-state index is 0.350. The summed E-state index contributed by atoms with van der Waals surface area (Å²) in [6, 6.07) is 23.7. The van der Waals surface area contributed by atoms with Crippen LogP contribution < -0.4 is 0 Å². The van der Waals surface area contributed by atoms with Crippen molar-refractivity contribution in [3.8, 4) is 5.75 Å². The van der Waals surface area contributed by atoms with Crippen LogP contribution in [-0.4, -0.2) is 5.11 Å². The van der Waals surface area contributed by atoms with Gasteiger partial charge in [0.25, 0.3) is 0 Å². The zero-order valence-corrected chi connectivity index (χ0v) is 13.4. The van der Waals surface area contributed by atoms with Crippen molar-refractivity contribution in [2.75, 3.05) is 0 Å². The summed E-state index contributed by atoms with van der Waals surface area (Å²) in [4.78, 5) is 0. The first kappa shape index (κ1) is 17.5. The van der Waals surface area contributed by atoms with Gasteiger partial charge in [-0.2, -0.15) is 0 Å². The molecule has 0 bridgehead atoms. The van der Waals surface area contributed by atoms with Crippen LogP contribution in [0.25, 0.3) is 10.8 Å². The molecule has 0 aliphatic rings. The quantitative estimate of drug-likeness (QED) is 0.546. The van der Waals surface area contributed by atoms with Crippen molar-refractivity contribution in [1.29, 1.82) is 0 Å². The number of hydrogen-bond donors (Lipinski definition) is 1. The van der Waals surface area contributed by atoms with Crippen molar-refractivity contribution in [3.63, 3.8) is 0 Å². The maximum atomic E-state index is 9.37. The van der Waals surface area contributed by atoms with Gasteiger partial charge in [-0.25, -0.2) is 0 Å². The Hall–Kier alpha value is -2.54. The van der Waals surface area contributed by atoms with Gasteiger partial charge < -0.3 is 5.11 Å². The van der Waals surface area contributed by atoms with Crippen molar-refractivity contribution in [2.45, 2.75) is 20.3 Å². The van der Waals surface area contributed by atoms with E-state index in [0.29, 0.717) is 5.75 Å². The van der Waals surface area contributed by atoms with Gasteiger partial charge in [0.15, 0.2) is 0 Å². The van der Waals surface area contributed by atoms with E-state index in [-0.39, 0.29) is 0 Å². The number of hydrogen-bond acceptors (Lipinski definition) is 1. The van der Waals surface area contributed by atoms with E-state index in [1.165, 1.54) is 5.56 Å². The first-order valence-corrected chi connectivity index (χ1v) is 7.50. The number of benzene rings is 3. The summed E-state index contributed by atoms with van der Waals surface area (Å²) in [6.45, 7) is 7.41. The lowest BCUT2D eigenvalue weighted by Gasteiger charge is -1.97. The number of phenols is 1. The van der Waals surface area contributed by atoms with Gasteiger partial charge in [0.05, 0.1) is 0 Å². The van der Waals surface area contributed by atoms with Crippen LogP contribution in [0, 0.1) is 0 Å². The summed E-state index contributed by atoms with van der Waals surface area (Å²) < 4.78 is 0. The summed E-state index contributed by atoms with van der Waals surface area (Å²) in [5.41, 5.74) is 1.41. The Kier molecular flexibility index (Phi) is 8.14. The Balaban J connectivity index is 0.000000194. The average molecular weight is 292 g/mol. The van der Waals surface area contributed by atoms with Crippen LogP contribution in [0.2, 0.25) is 0 Å². The minimum atomic E-state index is 0.350. The highest BCUT2D eigenvalue weighted by Gasteiger charge is 1.94. The molecule has 0 saturated carbocycles. The molecule has 0 aliphatic heterocycles. The molecular weight excluding hydrogens is 268 g/mol. The largest absolute Gasteiger partial charge is 0.507 e. The van der Waals surface area contributed by atoms with E-state index in [9.17, 15) is 5.11 Å². The molecule has 0 radical (unpaired) electrons.